The van der Waals surface area contributed by atoms with Crippen molar-refractivity contribution in [1.82, 2.24) is 9.97 Å². The van der Waals surface area contributed by atoms with Crippen LogP contribution in [0.3, 0.4) is 0 Å². The number of hydrogen-bond acceptors (Lipinski definition) is 5. The molecule has 0 spiro atoms. The Bertz CT molecular complexity index is 469. The number of hydrogen-bond donors (Lipinski definition) is 1. The summed E-state index contributed by atoms with van der Waals surface area (Å²) >= 11 is 1.60. The molecule has 2 rings (SSSR count). The molecule has 2 aromatic rings. The Hall–Kier alpha value is -1.36. The molecule has 2 aromatic heterocycles. The summed E-state index contributed by atoms with van der Waals surface area (Å²) in [7, 11) is 0. The fourth-order valence-corrected chi connectivity index (χ4v) is 2.13. The minimum absolute atomic E-state index is 0.642. The predicted octanol–water partition coefficient (Wildman–Crippen LogP) is 2.91. The van der Waals surface area contributed by atoms with E-state index in [2.05, 4.69) is 22.2 Å². The van der Waals surface area contributed by atoms with Gasteiger partial charge in [0, 0.05) is 6.54 Å². The van der Waals surface area contributed by atoms with E-state index in [1.165, 1.54) is 0 Å². The van der Waals surface area contributed by atoms with Gasteiger partial charge < -0.3 is 10.1 Å². The van der Waals surface area contributed by atoms with Gasteiger partial charge in [-0.1, -0.05) is 6.92 Å². The Morgan fingerprint density at radius 2 is 2.25 bits per heavy atom. The van der Waals surface area contributed by atoms with Crippen LogP contribution in [0.15, 0.2) is 11.4 Å². The standard InChI is InChI=1S/C11H15N3OS/c1-3-6-15-9-8-5-7-16-10(8)14-11(13-9)12-4-2/h5,7H,3-4,6H2,1-2H3,(H,12,13,14). The number of aromatic nitrogens is 2. The summed E-state index contributed by atoms with van der Waals surface area (Å²) in [5.74, 6) is 1.33. The maximum Gasteiger partial charge on any atom is 0.227 e. The zero-order chi connectivity index (χ0) is 11.4. The van der Waals surface area contributed by atoms with Gasteiger partial charge in [0.05, 0.1) is 12.0 Å². The molecule has 0 bridgehead atoms. The Balaban J connectivity index is 2.38. The highest BCUT2D eigenvalue weighted by atomic mass is 32.1. The predicted molar refractivity (Wildman–Crippen MR) is 67.4 cm³/mol. The van der Waals surface area contributed by atoms with Gasteiger partial charge in [0.1, 0.15) is 4.83 Å². The molecular weight excluding hydrogens is 222 g/mol. The van der Waals surface area contributed by atoms with E-state index in [1.54, 1.807) is 11.3 Å². The van der Waals surface area contributed by atoms with E-state index in [0.717, 1.165) is 23.2 Å². The van der Waals surface area contributed by atoms with Gasteiger partial charge in [-0.15, -0.1) is 11.3 Å². The molecule has 0 saturated heterocycles. The largest absolute Gasteiger partial charge is 0.477 e. The maximum atomic E-state index is 5.63. The van der Waals surface area contributed by atoms with Crippen molar-refractivity contribution in [3.8, 4) is 5.88 Å². The normalized spacial score (nSPS) is 10.6. The molecule has 16 heavy (non-hydrogen) atoms. The van der Waals surface area contributed by atoms with E-state index in [-0.39, 0.29) is 0 Å². The monoisotopic (exact) mass is 237 g/mol. The molecule has 4 nitrogen and oxygen atoms in total. The summed E-state index contributed by atoms with van der Waals surface area (Å²) in [4.78, 5) is 9.74. The highest BCUT2D eigenvalue weighted by Gasteiger charge is 2.09. The molecule has 0 aliphatic heterocycles. The average Bonchev–Trinajstić information content (AvgIpc) is 2.74. The number of thiophene rings is 1. The third-order valence-corrected chi connectivity index (χ3v) is 2.87. The van der Waals surface area contributed by atoms with Gasteiger partial charge in [-0.2, -0.15) is 4.98 Å². The third-order valence-electron chi connectivity index (χ3n) is 2.07. The van der Waals surface area contributed by atoms with Gasteiger partial charge >= 0.3 is 0 Å². The molecule has 2 heterocycles. The summed E-state index contributed by atoms with van der Waals surface area (Å²) in [6.07, 6.45) is 0.978. The second kappa shape index (κ2) is 5.12. The van der Waals surface area contributed by atoms with Crippen LogP contribution in [0.5, 0.6) is 5.88 Å². The second-order valence-electron chi connectivity index (χ2n) is 3.37. The molecule has 0 amide bonds. The van der Waals surface area contributed by atoms with Crippen molar-refractivity contribution in [2.45, 2.75) is 20.3 Å². The molecule has 0 aromatic carbocycles. The number of anilines is 1. The van der Waals surface area contributed by atoms with Crippen LogP contribution in [0, 0.1) is 0 Å². The van der Waals surface area contributed by atoms with E-state index in [4.69, 9.17) is 4.74 Å². The van der Waals surface area contributed by atoms with E-state index < -0.39 is 0 Å². The first-order valence-electron chi connectivity index (χ1n) is 5.47. The van der Waals surface area contributed by atoms with Crippen LogP contribution in [-0.4, -0.2) is 23.1 Å². The van der Waals surface area contributed by atoms with Gasteiger partial charge in [0.15, 0.2) is 0 Å². The lowest BCUT2D eigenvalue weighted by Crippen LogP contribution is -2.04. The van der Waals surface area contributed by atoms with E-state index in [1.807, 2.05) is 18.4 Å². The Morgan fingerprint density at radius 3 is 3.00 bits per heavy atom. The molecule has 0 saturated carbocycles. The highest BCUT2D eigenvalue weighted by Crippen LogP contribution is 2.28. The first-order chi connectivity index (χ1) is 7.85. The molecule has 1 N–H and O–H groups in total. The quantitative estimate of drug-likeness (QED) is 0.868. The third kappa shape index (κ3) is 2.24. The van der Waals surface area contributed by atoms with Crippen LogP contribution in [0.4, 0.5) is 5.95 Å². The lowest BCUT2D eigenvalue weighted by atomic mass is 10.4. The topological polar surface area (TPSA) is 47.0 Å². The summed E-state index contributed by atoms with van der Waals surface area (Å²) in [5.41, 5.74) is 0. The molecular formula is C11H15N3OS. The van der Waals surface area contributed by atoms with Crippen molar-refractivity contribution >= 4 is 27.5 Å². The number of fused-ring (bicyclic) bond motifs is 1. The molecule has 0 aliphatic carbocycles. The number of nitrogens with zero attached hydrogens (tertiary/aromatic N) is 2. The first kappa shape index (κ1) is 11.1. The van der Waals surface area contributed by atoms with Gasteiger partial charge in [-0.05, 0) is 24.8 Å². The highest BCUT2D eigenvalue weighted by molar-refractivity contribution is 7.16. The fraction of sp³-hybridized carbons (Fsp3) is 0.455. The second-order valence-corrected chi connectivity index (χ2v) is 4.27. The maximum absolute atomic E-state index is 5.63. The number of rotatable bonds is 5. The minimum atomic E-state index is 0.642. The fourth-order valence-electron chi connectivity index (χ4n) is 1.37. The number of ether oxygens (including phenoxy) is 1. The van der Waals surface area contributed by atoms with Crippen molar-refractivity contribution in [3.05, 3.63) is 11.4 Å². The van der Waals surface area contributed by atoms with Crippen LogP contribution in [0.1, 0.15) is 20.3 Å². The lowest BCUT2D eigenvalue weighted by Gasteiger charge is -2.07. The van der Waals surface area contributed by atoms with Crippen LogP contribution in [0.2, 0.25) is 0 Å². The summed E-state index contributed by atoms with van der Waals surface area (Å²) in [5, 5.41) is 6.12. The van der Waals surface area contributed by atoms with Crippen molar-refractivity contribution in [2.24, 2.45) is 0 Å². The SMILES string of the molecule is CCCOc1nc(NCC)nc2sccc12. The van der Waals surface area contributed by atoms with Crippen LogP contribution >= 0.6 is 11.3 Å². The average molecular weight is 237 g/mol. The van der Waals surface area contributed by atoms with E-state index in [0.29, 0.717) is 18.4 Å². The van der Waals surface area contributed by atoms with Crippen LogP contribution < -0.4 is 10.1 Å². The Labute approximate surface area is 98.7 Å². The van der Waals surface area contributed by atoms with Crippen molar-refractivity contribution in [2.75, 3.05) is 18.5 Å². The summed E-state index contributed by atoms with van der Waals surface area (Å²) in [6.45, 7) is 5.60. The van der Waals surface area contributed by atoms with Crippen LogP contribution in [0.25, 0.3) is 10.2 Å². The van der Waals surface area contributed by atoms with Gasteiger partial charge in [0.2, 0.25) is 11.8 Å². The Morgan fingerprint density at radius 1 is 1.38 bits per heavy atom. The van der Waals surface area contributed by atoms with E-state index >= 15 is 0 Å². The van der Waals surface area contributed by atoms with Gasteiger partial charge in [-0.25, -0.2) is 4.98 Å². The minimum Gasteiger partial charge on any atom is -0.477 e. The molecule has 86 valence electrons. The molecule has 0 atom stereocenters. The first-order valence-corrected chi connectivity index (χ1v) is 6.35. The molecule has 0 fully saturated rings. The van der Waals surface area contributed by atoms with Crippen molar-refractivity contribution < 1.29 is 4.74 Å². The molecule has 0 unspecified atom stereocenters. The summed E-state index contributed by atoms with van der Waals surface area (Å²) in [6, 6.07) is 2.00. The zero-order valence-corrected chi connectivity index (χ0v) is 10.3. The van der Waals surface area contributed by atoms with Crippen LogP contribution in [-0.2, 0) is 0 Å². The van der Waals surface area contributed by atoms with Gasteiger partial charge in [-0.3, -0.25) is 0 Å². The Kier molecular flexibility index (Phi) is 3.56. The lowest BCUT2D eigenvalue weighted by molar-refractivity contribution is 0.309. The summed E-state index contributed by atoms with van der Waals surface area (Å²) < 4.78 is 5.63. The smallest absolute Gasteiger partial charge is 0.227 e. The van der Waals surface area contributed by atoms with Gasteiger partial charge in [0.25, 0.3) is 0 Å². The zero-order valence-electron chi connectivity index (χ0n) is 9.49. The van der Waals surface area contributed by atoms with Crippen molar-refractivity contribution in [3.63, 3.8) is 0 Å². The number of nitrogens with one attached hydrogen (secondary N) is 1. The molecule has 5 heteroatoms. The molecule has 0 aliphatic rings. The molecule has 0 radical (unpaired) electrons. The van der Waals surface area contributed by atoms with E-state index in [9.17, 15) is 0 Å². The van der Waals surface area contributed by atoms with Crippen molar-refractivity contribution in [1.29, 1.82) is 0 Å².